The summed E-state index contributed by atoms with van der Waals surface area (Å²) in [5.74, 6) is 0.871. The Hall–Kier alpha value is -2.15. The number of methoxy groups -OCH3 is 1. The molecule has 19 heavy (non-hydrogen) atoms. The second kappa shape index (κ2) is 6.14. The minimum Gasteiger partial charge on any atom is -0.496 e. The van der Waals surface area contributed by atoms with Crippen LogP contribution in [0, 0.1) is 0 Å². The van der Waals surface area contributed by atoms with E-state index in [4.69, 9.17) is 16.3 Å². The Morgan fingerprint density at radius 1 is 1.53 bits per heavy atom. The first-order chi connectivity index (χ1) is 9.19. The molecule has 0 bridgehead atoms. The van der Waals surface area contributed by atoms with Crippen molar-refractivity contribution in [2.45, 2.75) is 13.0 Å². The van der Waals surface area contributed by atoms with Crippen LogP contribution in [0.4, 0.5) is 0 Å². The van der Waals surface area contributed by atoms with Crippen LogP contribution < -0.4 is 10.1 Å². The highest BCUT2D eigenvalue weighted by Gasteiger charge is 2.10. The van der Waals surface area contributed by atoms with Gasteiger partial charge in [-0.15, -0.1) is 10.2 Å². The molecule has 1 aromatic carbocycles. The summed E-state index contributed by atoms with van der Waals surface area (Å²) in [6.45, 7) is 0.220. The smallest absolute Gasteiger partial charge is 0.224 e. The number of hydrogen-bond acceptors (Lipinski definition) is 5. The third kappa shape index (κ3) is 3.65. The van der Waals surface area contributed by atoms with Crippen molar-refractivity contribution in [3.8, 4) is 5.75 Å². The minimum absolute atomic E-state index is 0.168. The standard InChI is InChI=1S/C11H12ClN5O2/c1-19-9-3-2-8(12)4-7(9)5-11(18)13-6-10-14-16-17-15-10/h2-4H,5-6H2,1H3,(H,13,18)(H,14,15,16,17). The molecule has 2 aromatic rings. The fourth-order valence-corrected chi connectivity index (χ4v) is 1.75. The van der Waals surface area contributed by atoms with Crippen molar-refractivity contribution in [1.82, 2.24) is 25.9 Å². The molecule has 0 fully saturated rings. The van der Waals surface area contributed by atoms with E-state index < -0.39 is 0 Å². The maximum Gasteiger partial charge on any atom is 0.224 e. The first kappa shape index (κ1) is 13.3. The lowest BCUT2D eigenvalue weighted by atomic mass is 10.1. The van der Waals surface area contributed by atoms with Gasteiger partial charge in [0.25, 0.3) is 0 Å². The van der Waals surface area contributed by atoms with Crippen LogP contribution in [0.15, 0.2) is 18.2 Å². The lowest BCUT2D eigenvalue weighted by Crippen LogP contribution is -2.25. The molecule has 2 N–H and O–H groups in total. The van der Waals surface area contributed by atoms with E-state index in [1.54, 1.807) is 25.3 Å². The molecule has 0 spiro atoms. The van der Waals surface area contributed by atoms with E-state index in [2.05, 4.69) is 25.9 Å². The van der Waals surface area contributed by atoms with E-state index in [-0.39, 0.29) is 18.9 Å². The normalized spacial score (nSPS) is 10.2. The number of carbonyl (C=O) groups excluding carboxylic acids is 1. The number of nitrogens with zero attached hydrogens (tertiary/aromatic N) is 3. The molecule has 0 radical (unpaired) electrons. The van der Waals surface area contributed by atoms with Gasteiger partial charge in [-0.05, 0) is 18.2 Å². The molecule has 0 unspecified atom stereocenters. The van der Waals surface area contributed by atoms with Gasteiger partial charge in [0, 0.05) is 10.6 Å². The quantitative estimate of drug-likeness (QED) is 0.842. The van der Waals surface area contributed by atoms with Crippen molar-refractivity contribution < 1.29 is 9.53 Å². The molecule has 100 valence electrons. The molecule has 1 aromatic heterocycles. The van der Waals surface area contributed by atoms with Gasteiger partial charge in [-0.3, -0.25) is 4.79 Å². The minimum atomic E-state index is -0.176. The fraction of sp³-hybridized carbons (Fsp3) is 0.273. The first-order valence-electron chi connectivity index (χ1n) is 5.50. The second-order valence-corrected chi connectivity index (χ2v) is 4.17. The van der Waals surface area contributed by atoms with Gasteiger partial charge in [0.15, 0.2) is 5.82 Å². The molecular formula is C11H12ClN5O2. The van der Waals surface area contributed by atoms with Crippen LogP contribution in [0.2, 0.25) is 5.02 Å². The Bertz CT molecular complexity index is 558. The highest BCUT2D eigenvalue weighted by atomic mass is 35.5. The molecule has 2 rings (SSSR count). The number of amides is 1. The lowest BCUT2D eigenvalue weighted by molar-refractivity contribution is -0.120. The maximum absolute atomic E-state index is 11.8. The summed E-state index contributed by atoms with van der Waals surface area (Å²) in [5.41, 5.74) is 0.723. The van der Waals surface area contributed by atoms with Gasteiger partial charge in [-0.2, -0.15) is 5.21 Å². The number of aromatic nitrogens is 4. The number of rotatable bonds is 5. The van der Waals surface area contributed by atoms with Gasteiger partial charge in [-0.1, -0.05) is 16.8 Å². The SMILES string of the molecule is COc1ccc(Cl)cc1CC(=O)NCc1nn[nH]n1. The van der Waals surface area contributed by atoms with Gasteiger partial charge >= 0.3 is 0 Å². The van der Waals surface area contributed by atoms with E-state index in [9.17, 15) is 4.79 Å². The number of ether oxygens (including phenoxy) is 1. The Balaban J connectivity index is 1.96. The molecule has 0 atom stereocenters. The van der Waals surface area contributed by atoms with Gasteiger partial charge in [0.1, 0.15) is 5.75 Å². The molecule has 7 nitrogen and oxygen atoms in total. The summed E-state index contributed by atoms with van der Waals surface area (Å²) >= 11 is 5.90. The Labute approximate surface area is 114 Å². The first-order valence-corrected chi connectivity index (χ1v) is 5.88. The van der Waals surface area contributed by atoms with Crippen LogP contribution in [-0.2, 0) is 17.8 Å². The molecular weight excluding hydrogens is 270 g/mol. The second-order valence-electron chi connectivity index (χ2n) is 3.74. The van der Waals surface area contributed by atoms with E-state index >= 15 is 0 Å². The number of benzene rings is 1. The number of carbonyl (C=O) groups is 1. The average molecular weight is 282 g/mol. The van der Waals surface area contributed by atoms with Crippen LogP contribution in [0.1, 0.15) is 11.4 Å². The summed E-state index contributed by atoms with van der Waals surface area (Å²) in [4.78, 5) is 11.8. The Morgan fingerprint density at radius 3 is 3.05 bits per heavy atom. The van der Waals surface area contributed by atoms with Gasteiger partial charge in [-0.25, -0.2) is 0 Å². The van der Waals surface area contributed by atoms with E-state index in [1.165, 1.54) is 0 Å². The largest absolute Gasteiger partial charge is 0.496 e. The van der Waals surface area contributed by atoms with Crippen molar-refractivity contribution in [3.63, 3.8) is 0 Å². The predicted molar refractivity (Wildman–Crippen MR) is 67.7 cm³/mol. The van der Waals surface area contributed by atoms with Crippen LogP contribution in [-0.4, -0.2) is 33.6 Å². The van der Waals surface area contributed by atoms with Crippen molar-refractivity contribution in [3.05, 3.63) is 34.6 Å². The van der Waals surface area contributed by atoms with Crippen LogP contribution in [0.25, 0.3) is 0 Å². The Morgan fingerprint density at radius 2 is 2.37 bits per heavy atom. The highest BCUT2D eigenvalue weighted by molar-refractivity contribution is 6.30. The average Bonchev–Trinajstić information content (AvgIpc) is 2.90. The van der Waals surface area contributed by atoms with Crippen LogP contribution in [0.5, 0.6) is 5.75 Å². The van der Waals surface area contributed by atoms with Crippen molar-refractivity contribution >= 4 is 17.5 Å². The molecule has 8 heteroatoms. The summed E-state index contributed by atoms with van der Waals surface area (Å²) < 4.78 is 5.17. The number of tetrazole rings is 1. The molecule has 0 saturated heterocycles. The van der Waals surface area contributed by atoms with Crippen LogP contribution in [0.3, 0.4) is 0 Å². The maximum atomic E-state index is 11.8. The molecule has 0 aliphatic carbocycles. The Kier molecular flexibility index (Phi) is 4.30. The topological polar surface area (TPSA) is 92.8 Å². The molecule has 0 aliphatic rings. The summed E-state index contributed by atoms with van der Waals surface area (Å²) in [7, 11) is 1.55. The molecule has 1 amide bonds. The molecule has 0 saturated carbocycles. The lowest BCUT2D eigenvalue weighted by Gasteiger charge is -2.08. The molecule has 0 aliphatic heterocycles. The van der Waals surface area contributed by atoms with E-state index in [0.29, 0.717) is 16.6 Å². The number of halogens is 1. The van der Waals surface area contributed by atoms with Gasteiger partial charge in [0.2, 0.25) is 5.91 Å². The number of nitrogens with one attached hydrogen (secondary N) is 2. The zero-order valence-electron chi connectivity index (χ0n) is 10.2. The van der Waals surface area contributed by atoms with E-state index in [0.717, 1.165) is 5.56 Å². The summed E-state index contributed by atoms with van der Waals surface area (Å²) in [6, 6.07) is 5.14. The zero-order chi connectivity index (χ0) is 13.7. The zero-order valence-corrected chi connectivity index (χ0v) is 10.9. The predicted octanol–water partition coefficient (Wildman–Crippen LogP) is 0.721. The highest BCUT2D eigenvalue weighted by Crippen LogP contribution is 2.22. The summed E-state index contributed by atoms with van der Waals surface area (Å²) in [6.07, 6.45) is 0.168. The third-order valence-corrected chi connectivity index (χ3v) is 2.66. The van der Waals surface area contributed by atoms with Crippen molar-refractivity contribution in [2.24, 2.45) is 0 Å². The van der Waals surface area contributed by atoms with Crippen LogP contribution >= 0.6 is 11.6 Å². The third-order valence-electron chi connectivity index (χ3n) is 2.43. The van der Waals surface area contributed by atoms with Crippen molar-refractivity contribution in [1.29, 1.82) is 0 Å². The molecule has 1 heterocycles. The van der Waals surface area contributed by atoms with E-state index in [1.807, 2.05) is 0 Å². The fourth-order valence-electron chi connectivity index (χ4n) is 1.56. The number of aromatic amines is 1. The van der Waals surface area contributed by atoms with Gasteiger partial charge in [0.05, 0.1) is 20.1 Å². The van der Waals surface area contributed by atoms with Crippen molar-refractivity contribution in [2.75, 3.05) is 7.11 Å². The van der Waals surface area contributed by atoms with Gasteiger partial charge < -0.3 is 10.1 Å². The monoisotopic (exact) mass is 281 g/mol. The number of H-pyrrole nitrogens is 1. The number of hydrogen-bond donors (Lipinski definition) is 2. The summed E-state index contributed by atoms with van der Waals surface area (Å²) in [5, 5.41) is 16.4.